The average Bonchev–Trinajstić information content (AvgIpc) is 3.39. The van der Waals surface area contributed by atoms with Crippen molar-refractivity contribution in [3.8, 4) is 5.88 Å². The number of nitrogens with two attached hydrogens (primary N) is 1. The highest BCUT2D eigenvalue weighted by Gasteiger charge is 2.28. The lowest BCUT2D eigenvalue weighted by Gasteiger charge is -2.23. The van der Waals surface area contributed by atoms with Gasteiger partial charge >= 0.3 is 0 Å². The number of nitrogen functional groups attached to an aromatic ring is 1. The number of anilines is 1. The first-order valence-corrected chi connectivity index (χ1v) is 13.2. The Bertz CT molecular complexity index is 1220. The van der Waals surface area contributed by atoms with Crippen LogP contribution in [0.25, 0.3) is 0 Å². The molecule has 1 aromatic carbocycles. The van der Waals surface area contributed by atoms with E-state index in [4.69, 9.17) is 20.3 Å². The number of aliphatic hydroxyl groups excluding tert-OH is 1. The first-order valence-electron chi connectivity index (χ1n) is 11.7. The molecule has 0 spiro atoms. The van der Waals surface area contributed by atoms with E-state index < -0.39 is 21.5 Å². The zero-order valence-corrected chi connectivity index (χ0v) is 21.3. The van der Waals surface area contributed by atoms with Crippen molar-refractivity contribution in [2.24, 2.45) is 10.2 Å². The zero-order valence-electron chi connectivity index (χ0n) is 20.5. The van der Waals surface area contributed by atoms with E-state index in [-0.39, 0.29) is 54.3 Å². The Morgan fingerprint density at radius 1 is 1.25 bits per heavy atom. The Hall–Kier alpha value is -2.84. The number of rotatable bonds is 12. The Morgan fingerprint density at radius 3 is 2.58 bits per heavy atom. The third kappa shape index (κ3) is 6.28. The summed E-state index contributed by atoms with van der Waals surface area (Å²) in [5, 5.41) is 27.2. The Labute approximate surface area is 210 Å². The van der Waals surface area contributed by atoms with Gasteiger partial charge in [0.05, 0.1) is 48.7 Å². The summed E-state index contributed by atoms with van der Waals surface area (Å²) >= 11 is 0. The first kappa shape index (κ1) is 27.7. The smallest absolute Gasteiger partial charge is 0.281 e. The van der Waals surface area contributed by atoms with Gasteiger partial charge in [0.25, 0.3) is 5.56 Å². The van der Waals surface area contributed by atoms with Gasteiger partial charge in [0.2, 0.25) is 15.9 Å². The average molecular weight is 524 g/mol. The molecule has 1 unspecified atom stereocenters. The number of aromatic hydroxyl groups is 1. The summed E-state index contributed by atoms with van der Waals surface area (Å²) in [6.07, 6.45) is 1.67. The van der Waals surface area contributed by atoms with E-state index in [1.807, 2.05) is 0 Å². The molecule has 198 valence electrons. The van der Waals surface area contributed by atoms with Crippen LogP contribution in [-0.4, -0.2) is 73.1 Å². The molecule has 0 bridgehead atoms. The van der Waals surface area contributed by atoms with Crippen LogP contribution < -0.4 is 11.3 Å². The molecule has 1 saturated heterocycles. The quantitative estimate of drug-likeness (QED) is 0.280. The SMILES string of the molecule is CCN(CC1CCCO1)S(=O)(=O)c1ccc(N=Nc2c(C)c(N)c(O)n(CCOCCO)c2=O)cc1. The second kappa shape index (κ2) is 12.4. The molecule has 3 rings (SSSR count). The molecule has 13 heteroatoms. The molecule has 1 atom stereocenters. The molecule has 1 fully saturated rings. The number of hydrogen-bond donors (Lipinski definition) is 3. The topological polar surface area (TPSA) is 169 Å². The predicted molar refractivity (Wildman–Crippen MR) is 133 cm³/mol. The highest BCUT2D eigenvalue weighted by atomic mass is 32.2. The minimum absolute atomic E-state index is 0.00402. The maximum absolute atomic E-state index is 13.1. The van der Waals surface area contributed by atoms with Crippen molar-refractivity contribution in [3.63, 3.8) is 0 Å². The molecule has 0 amide bonds. The lowest BCUT2D eigenvalue weighted by molar-refractivity contribution is 0.0854. The number of ether oxygens (including phenoxy) is 2. The summed E-state index contributed by atoms with van der Waals surface area (Å²) in [5.41, 5.74) is 5.86. The van der Waals surface area contributed by atoms with Crippen molar-refractivity contribution in [2.45, 2.75) is 44.2 Å². The first-order chi connectivity index (χ1) is 17.2. The van der Waals surface area contributed by atoms with Crippen molar-refractivity contribution in [1.29, 1.82) is 0 Å². The van der Waals surface area contributed by atoms with Gasteiger partial charge in [-0.3, -0.25) is 9.36 Å². The molecule has 1 aliphatic rings. The fraction of sp³-hybridized carbons (Fsp3) is 0.522. The van der Waals surface area contributed by atoms with Gasteiger partial charge in [-0.25, -0.2) is 8.42 Å². The number of aliphatic hydroxyl groups is 1. The maximum atomic E-state index is 13.1. The summed E-state index contributed by atoms with van der Waals surface area (Å²) in [4.78, 5) is 13.0. The number of hydrogen-bond acceptors (Lipinski definition) is 10. The van der Waals surface area contributed by atoms with Gasteiger partial charge in [-0.15, -0.1) is 5.11 Å². The Morgan fingerprint density at radius 2 is 1.97 bits per heavy atom. The van der Waals surface area contributed by atoms with Gasteiger partial charge in [0.1, 0.15) is 0 Å². The van der Waals surface area contributed by atoms with Crippen molar-refractivity contribution in [2.75, 3.05) is 45.3 Å². The molecule has 36 heavy (non-hydrogen) atoms. The molecule has 0 radical (unpaired) electrons. The third-order valence-electron chi connectivity index (χ3n) is 5.92. The minimum atomic E-state index is -3.71. The number of pyridine rings is 1. The normalized spacial score (nSPS) is 16.4. The lowest BCUT2D eigenvalue weighted by Crippen LogP contribution is -2.37. The molecule has 12 nitrogen and oxygen atoms in total. The number of sulfonamides is 1. The highest BCUT2D eigenvalue weighted by Crippen LogP contribution is 2.30. The predicted octanol–water partition coefficient (Wildman–Crippen LogP) is 2.06. The van der Waals surface area contributed by atoms with Crippen LogP contribution in [0.3, 0.4) is 0 Å². The molecule has 4 N–H and O–H groups in total. The number of nitrogens with zero attached hydrogens (tertiary/aromatic N) is 4. The standard InChI is InChI=1S/C23H33N5O7S/c1-3-27(15-18-5-4-12-35-18)36(32,33)19-8-6-17(7-9-19)25-26-21-16(2)20(24)22(30)28(23(21)31)10-13-34-14-11-29/h6-9,18,29-30H,3-5,10-15,24H2,1-2H3. The van der Waals surface area contributed by atoms with Crippen LogP contribution in [-0.2, 0) is 26.0 Å². The van der Waals surface area contributed by atoms with Gasteiger partial charge < -0.3 is 25.4 Å². The largest absolute Gasteiger partial charge is 0.493 e. The van der Waals surface area contributed by atoms with Crippen LogP contribution in [0.5, 0.6) is 5.88 Å². The molecule has 0 saturated carbocycles. The fourth-order valence-corrected chi connectivity index (χ4v) is 5.31. The monoisotopic (exact) mass is 523 g/mol. The summed E-state index contributed by atoms with van der Waals surface area (Å²) in [6.45, 7) is 4.61. The number of azo groups is 1. The Kier molecular flexibility index (Phi) is 9.56. The third-order valence-corrected chi connectivity index (χ3v) is 7.88. The van der Waals surface area contributed by atoms with Crippen molar-refractivity contribution < 1.29 is 28.1 Å². The minimum Gasteiger partial charge on any atom is -0.493 e. The van der Waals surface area contributed by atoms with E-state index in [1.165, 1.54) is 28.6 Å². The van der Waals surface area contributed by atoms with E-state index in [1.54, 1.807) is 13.8 Å². The molecule has 1 aromatic heterocycles. The van der Waals surface area contributed by atoms with Crippen LogP contribution in [0.1, 0.15) is 25.3 Å². The summed E-state index contributed by atoms with van der Waals surface area (Å²) < 4.78 is 39.3. The number of benzene rings is 1. The second-order valence-corrected chi connectivity index (χ2v) is 10.2. The molecular weight excluding hydrogens is 490 g/mol. The zero-order chi connectivity index (χ0) is 26.3. The van der Waals surface area contributed by atoms with Gasteiger partial charge in [-0.1, -0.05) is 6.92 Å². The Balaban J connectivity index is 1.80. The van der Waals surface area contributed by atoms with Crippen molar-refractivity contribution >= 4 is 27.1 Å². The molecule has 1 aliphatic heterocycles. The van der Waals surface area contributed by atoms with Crippen LogP contribution in [0.15, 0.2) is 44.2 Å². The van der Waals surface area contributed by atoms with E-state index in [0.29, 0.717) is 25.4 Å². The van der Waals surface area contributed by atoms with Gasteiger partial charge in [0.15, 0.2) is 5.69 Å². The number of aromatic nitrogens is 1. The summed E-state index contributed by atoms with van der Waals surface area (Å²) in [7, 11) is -3.71. The molecular formula is C23H33N5O7S. The van der Waals surface area contributed by atoms with Gasteiger partial charge in [-0.2, -0.15) is 9.42 Å². The maximum Gasteiger partial charge on any atom is 0.281 e. The molecule has 2 heterocycles. The van der Waals surface area contributed by atoms with Crippen LogP contribution in [0.2, 0.25) is 0 Å². The van der Waals surface area contributed by atoms with Crippen molar-refractivity contribution in [3.05, 3.63) is 40.2 Å². The summed E-state index contributed by atoms with van der Waals surface area (Å²) in [5.74, 6) is -0.401. The van der Waals surface area contributed by atoms with Gasteiger partial charge in [0, 0.05) is 25.3 Å². The van der Waals surface area contributed by atoms with E-state index in [2.05, 4.69) is 10.2 Å². The number of likely N-dealkylation sites (N-methyl/N-ethyl adjacent to an activating group) is 1. The summed E-state index contributed by atoms with van der Waals surface area (Å²) in [6, 6.07) is 5.88. The van der Waals surface area contributed by atoms with E-state index >= 15 is 0 Å². The lowest BCUT2D eigenvalue weighted by atomic mass is 10.2. The van der Waals surface area contributed by atoms with Crippen LogP contribution >= 0.6 is 0 Å². The van der Waals surface area contributed by atoms with Crippen LogP contribution in [0.4, 0.5) is 17.1 Å². The molecule has 0 aliphatic carbocycles. The second-order valence-electron chi connectivity index (χ2n) is 8.29. The van der Waals surface area contributed by atoms with Gasteiger partial charge in [-0.05, 0) is 44.0 Å². The molecule has 2 aromatic rings. The highest BCUT2D eigenvalue weighted by molar-refractivity contribution is 7.89. The fourth-order valence-electron chi connectivity index (χ4n) is 3.83. The van der Waals surface area contributed by atoms with Crippen LogP contribution in [0, 0.1) is 6.92 Å². The van der Waals surface area contributed by atoms with E-state index in [0.717, 1.165) is 17.4 Å². The van der Waals surface area contributed by atoms with E-state index in [9.17, 15) is 18.3 Å². The van der Waals surface area contributed by atoms with Crippen molar-refractivity contribution in [1.82, 2.24) is 8.87 Å².